The summed E-state index contributed by atoms with van der Waals surface area (Å²) in [7, 11) is 0. The van der Waals surface area contributed by atoms with Gasteiger partial charge in [0, 0.05) is 0 Å². The van der Waals surface area contributed by atoms with Gasteiger partial charge in [-0.15, -0.1) is 0 Å². The van der Waals surface area contributed by atoms with E-state index in [0.717, 1.165) is 0 Å². The van der Waals surface area contributed by atoms with E-state index in [1.807, 2.05) is 0 Å². The Labute approximate surface area is 131 Å². The van der Waals surface area contributed by atoms with Crippen molar-refractivity contribution in [3.8, 4) is 0 Å². The molecule has 0 saturated carbocycles. The van der Waals surface area contributed by atoms with E-state index < -0.39 is 82.2 Å². The van der Waals surface area contributed by atoms with E-state index in [1.165, 1.54) is 0 Å². The largest absolute Gasteiger partial charge is 0.319 e. The lowest BCUT2D eigenvalue weighted by atomic mass is 10.3. The lowest BCUT2D eigenvalue weighted by Gasteiger charge is -2.10. The molecule has 0 amide bonds. The van der Waals surface area contributed by atoms with Crippen LogP contribution in [0.2, 0.25) is 0 Å². The Bertz CT molecular complexity index is 692. The first-order chi connectivity index (χ1) is 10.6. The second-order valence-corrected chi connectivity index (χ2v) is 5.55. The van der Waals surface area contributed by atoms with Crippen molar-refractivity contribution in [2.24, 2.45) is 0 Å². The maximum absolute atomic E-state index is 13.4. The molecule has 129 valence electrons. The molecule has 2 aromatic rings. The predicted molar refractivity (Wildman–Crippen MR) is 60.0 cm³/mol. The van der Waals surface area contributed by atoms with Crippen LogP contribution in [0.5, 0.6) is 0 Å². The smallest absolute Gasteiger partial charge is 0.269 e. The molecule has 0 bridgehead atoms. The van der Waals surface area contributed by atoms with Crippen LogP contribution in [-0.2, 0) is 0 Å². The highest BCUT2D eigenvalue weighted by Crippen LogP contribution is 2.18. The summed E-state index contributed by atoms with van der Waals surface area (Å²) in [5, 5.41) is 0. The lowest BCUT2D eigenvalue weighted by Crippen LogP contribution is -2.39. The first-order valence-electron chi connectivity index (χ1n) is 5.47. The Hall–Kier alpha value is -1.80. The molecule has 1 radical (unpaired) electrons. The molecule has 0 saturated heterocycles. The maximum Gasteiger partial charge on any atom is 0.319 e. The highest BCUT2D eigenvalue weighted by atomic mass is 27.1. The molecule has 2 aromatic carbocycles. The van der Waals surface area contributed by atoms with E-state index >= 15 is 0 Å². The van der Waals surface area contributed by atoms with Crippen LogP contribution in [-0.4, -0.2) is 15.2 Å². The van der Waals surface area contributed by atoms with Gasteiger partial charge in [0.25, 0.3) is 0 Å². The third-order valence-corrected chi connectivity index (χ3v) is 4.37. The van der Waals surface area contributed by atoms with Crippen molar-refractivity contribution in [1.82, 2.24) is 0 Å². The van der Waals surface area contributed by atoms with Crippen LogP contribution < -0.4 is 8.85 Å². The first kappa shape index (κ1) is 20.2. The van der Waals surface area contributed by atoms with Crippen molar-refractivity contribution in [3.63, 3.8) is 0 Å². The highest BCUT2D eigenvalue weighted by molar-refractivity contribution is 6.67. The minimum Gasteiger partial charge on any atom is -0.269 e. The summed E-state index contributed by atoms with van der Waals surface area (Å²) in [6.07, 6.45) is 0. The normalized spacial score (nSPS) is 10.6. The third-order valence-electron chi connectivity index (χ3n) is 2.78. The van der Waals surface area contributed by atoms with E-state index in [1.54, 1.807) is 0 Å². The van der Waals surface area contributed by atoms with Crippen LogP contribution in [0.1, 0.15) is 0 Å². The van der Waals surface area contributed by atoms with Crippen LogP contribution in [0.3, 0.4) is 0 Å². The zero-order valence-corrected chi connectivity index (χ0v) is 11.9. The number of halogens is 11. The number of benzene rings is 2. The van der Waals surface area contributed by atoms with Crippen molar-refractivity contribution in [3.05, 3.63) is 58.2 Å². The molecule has 2 rings (SSSR count). The quantitative estimate of drug-likeness (QED) is 0.325. The number of hydrogen-bond donors (Lipinski definition) is 0. The van der Waals surface area contributed by atoms with Crippen LogP contribution in [0.25, 0.3) is 0 Å². The second kappa shape index (κ2) is 6.98. The van der Waals surface area contributed by atoms with E-state index in [0.29, 0.717) is 0 Å². The molecule has 0 heterocycles. The fourth-order valence-electron chi connectivity index (χ4n) is 1.64. The van der Waals surface area contributed by atoms with Crippen LogP contribution in [0.15, 0.2) is 0 Å². The molecule has 12 heteroatoms. The van der Waals surface area contributed by atoms with Crippen molar-refractivity contribution < 1.29 is 48.6 Å². The number of rotatable bonds is 2. The summed E-state index contributed by atoms with van der Waals surface area (Å²) in [5.74, 6) is -24.2. The zero-order valence-electron chi connectivity index (χ0n) is 10.8. The van der Waals surface area contributed by atoms with E-state index in [4.69, 9.17) is 0 Å². The van der Waals surface area contributed by atoms with E-state index in [9.17, 15) is 43.9 Å². The van der Waals surface area contributed by atoms with Gasteiger partial charge in [-0.25, -0.2) is 43.9 Å². The summed E-state index contributed by atoms with van der Waals surface area (Å²) >= 11 is -2.65. The summed E-state index contributed by atoms with van der Waals surface area (Å²) in [5.41, 5.74) is 0. The van der Waals surface area contributed by atoms with Gasteiger partial charge in [0.15, 0.2) is 58.2 Å². The fraction of sp³-hybridized carbons (Fsp3) is 0. The SMILES string of the molecule is F.Fc1c(F)c(F)[c]([Al][c]2c(F)c(F)c(F)c(F)c2F)c(F)c1F. The van der Waals surface area contributed by atoms with Crippen molar-refractivity contribution in [2.45, 2.75) is 0 Å². The maximum atomic E-state index is 13.4. The topological polar surface area (TPSA) is 0 Å². The van der Waals surface area contributed by atoms with Gasteiger partial charge in [0.1, 0.15) is 0 Å². The third kappa shape index (κ3) is 2.96. The molecule has 0 aliphatic carbocycles. The Morgan fingerprint density at radius 1 is 0.333 bits per heavy atom. The summed E-state index contributed by atoms with van der Waals surface area (Å²) in [6, 6.07) is 0. The van der Waals surface area contributed by atoms with E-state index in [-0.39, 0.29) is 4.70 Å². The molecule has 0 fully saturated rings. The Kier molecular flexibility index (Phi) is 5.89. The lowest BCUT2D eigenvalue weighted by molar-refractivity contribution is 0.382. The molecule has 0 spiro atoms. The molecule has 0 N–H and O–H groups in total. The molecule has 0 aliphatic heterocycles. The van der Waals surface area contributed by atoms with Gasteiger partial charge in [0.05, 0.1) is 0 Å². The fourth-order valence-corrected chi connectivity index (χ4v) is 2.94. The van der Waals surface area contributed by atoms with Crippen LogP contribution in [0.4, 0.5) is 48.6 Å². The van der Waals surface area contributed by atoms with Gasteiger partial charge in [0.2, 0.25) is 0 Å². The Morgan fingerprint density at radius 2 is 0.500 bits per heavy atom. The number of hydrogen-bond acceptors (Lipinski definition) is 0. The van der Waals surface area contributed by atoms with Gasteiger partial charge in [-0.1, -0.05) is 0 Å². The molecule has 24 heavy (non-hydrogen) atoms. The van der Waals surface area contributed by atoms with Gasteiger partial charge < -0.3 is 0 Å². The summed E-state index contributed by atoms with van der Waals surface area (Å²) in [6.45, 7) is 0. The monoisotopic (exact) mass is 381 g/mol. The molecule has 0 aromatic heterocycles. The second-order valence-electron chi connectivity index (χ2n) is 4.11. The summed E-state index contributed by atoms with van der Waals surface area (Å²) in [4.78, 5) is 0. The van der Waals surface area contributed by atoms with Gasteiger partial charge in [-0.05, 0) is 8.85 Å². The van der Waals surface area contributed by atoms with Gasteiger partial charge in [-0.2, -0.15) is 0 Å². The van der Waals surface area contributed by atoms with Gasteiger partial charge in [-0.3, -0.25) is 4.70 Å². The Balaban J connectivity index is 0.00000288. The molecule has 0 atom stereocenters. The van der Waals surface area contributed by atoms with E-state index in [2.05, 4.69) is 0 Å². The highest BCUT2D eigenvalue weighted by Gasteiger charge is 2.31. The molecule has 0 aliphatic rings. The molecular weight excluding hydrogens is 380 g/mol. The van der Waals surface area contributed by atoms with Crippen molar-refractivity contribution >= 4 is 24.1 Å². The average molecular weight is 381 g/mol. The first-order valence-corrected chi connectivity index (χ1v) is 6.62. The van der Waals surface area contributed by atoms with Crippen molar-refractivity contribution in [2.75, 3.05) is 0 Å². The molecular formula is C12HAlF11. The standard InChI is InChI=1S/2C6F5.Al.FH/c2*7-2-1-3(8)5(10)6(11)4(2)9;;/h;;;1H. The molecule has 0 unspecified atom stereocenters. The van der Waals surface area contributed by atoms with Gasteiger partial charge >= 0.3 is 15.2 Å². The summed E-state index contributed by atoms with van der Waals surface area (Å²) < 4.78 is 128. The predicted octanol–water partition coefficient (Wildman–Crippen LogP) is 2.89. The minimum atomic E-state index is -2.65. The Morgan fingerprint density at radius 3 is 0.708 bits per heavy atom. The van der Waals surface area contributed by atoms with Crippen LogP contribution >= 0.6 is 0 Å². The average Bonchev–Trinajstić information content (AvgIpc) is 2.54. The minimum absolute atomic E-state index is 0. The molecule has 0 nitrogen and oxygen atoms in total. The zero-order chi connectivity index (χ0) is 17.6. The van der Waals surface area contributed by atoms with Crippen molar-refractivity contribution in [1.29, 1.82) is 0 Å². The van der Waals surface area contributed by atoms with Crippen LogP contribution in [0, 0.1) is 58.2 Å².